The number of methoxy groups -OCH3 is 2. The third-order valence-corrected chi connectivity index (χ3v) is 3.74. The zero-order chi connectivity index (χ0) is 20.0. The summed E-state index contributed by atoms with van der Waals surface area (Å²) in [5, 5.41) is 0. The van der Waals surface area contributed by atoms with Gasteiger partial charge in [0.15, 0.2) is 11.5 Å². The highest BCUT2D eigenvalue weighted by atomic mass is 19.4. The maximum Gasteiger partial charge on any atom is 0.416 e. The molecule has 27 heavy (non-hydrogen) atoms. The lowest BCUT2D eigenvalue weighted by atomic mass is 9.95. The highest BCUT2D eigenvalue weighted by Gasteiger charge is 2.30. The van der Waals surface area contributed by atoms with Crippen molar-refractivity contribution in [1.82, 2.24) is 0 Å². The van der Waals surface area contributed by atoms with Crippen LogP contribution in [0.1, 0.15) is 23.6 Å². The Morgan fingerprint density at radius 3 is 2.26 bits per heavy atom. The Balaban J connectivity index is 2.62. The second-order valence-electron chi connectivity index (χ2n) is 5.46. The topological polar surface area (TPSA) is 44.8 Å². The Morgan fingerprint density at radius 2 is 1.67 bits per heavy atom. The summed E-state index contributed by atoms with van der Waals surface area (Å²) in [5.74, 6) is 0.192. The molecule has 144 valence electrons. The summed E-state index contributed by atoms with van der Waals surface area (Å²) in [6, 6.07) is 9.58. The standard InChI is InChI=1S/C20H19F3O4/c1-4-27-19(24)12-16(13-6-5-7-15(10-13)20(21,22)23)14-8-9-17(25-2)18(11-14)26-3/h5-12H,4H2,1-3H3/b16-12-. The van der Waals surface area contributed by atoms with Crippen molar-refractivity contribution in [2.24, 2.45) is 0 Å². The van der Waals surface area contributed by atoms with E-state index >= 15 is 0 Å². The smallest absolute Gasteiger partial charge is 0.416 e. The van der Waals surface area contributed by atoms with E-state index in [0.717, 1.165) is 12.1 Å². The second-order valence-corrected chi connectivity index (χ2v) is 5.46. The molecule has 0 saturated carbocycles. The first-order valence-electron chi connectivity index (χ1n) is 8.08. The van der Waals surface area contributed by atoms with Crippen molar-refractivity contribution in [3.8, 4) is 11.5 Å². The van der Waals surface area contributed by atoms with Gasteiger partial charge in [0, 0.05) is 6.08 Å². The summed E-state index contributed by atoms with van der Waals surface area (Å²) < 4.78 is 54.6. The van der Waals surface area contributed by atoms with E-state index in [2.05, 4.69) is 0 Å². The van der Waals surface area contributed by atoms with Gasteiger partial charge in [-0.25, -0.2) is 4.79 Å². The zero-order valence-electron chi connectivity index (χ0n) is 15.1. The first-order valence-corrected chi connectivity index (χ1v) is 8.08. The monoisotopic (exact) mass is 380 g/mol. The molecule has 0 atom stereocenters. The van der Waals surface area contributed by atoms with E-state index in [1.54, 1.807) is 25.1 Å². The molecule has 2 rings (SSSR count). The number of rotatable bonds is 6. The number of ether oxygens (including phenoxy) is 3. The van der Waals surface area contributed by atoms with Gasteiger partial charge in [-0.15, -0.1) is 0 Å². The number of carbonyl (C=O) groups excluding carboxylic acids is 1. The normalized spacial score (nSPS) is 11.9. The molecule has 7 heteroatoms. The minimum Gasteiger partial charge on any atom is -0.493 e. The van der Waals surface area contributed by atoms with E-state index in [4.69, 9.17) is 14.2 Å². The molecule has 0 unspecified atom stereocenters. The van der Waals surface area contributed by atoms with Crippen LogP contribution in [0.25, 0.3) is 5.57 Å². The zero-order valence-corrected chi connectivity index (χ0v) is 15.1. The van der Waals surface area contributed by atoms with Crippen LogP contribution >= 0.6 is 0 Å². The van der Waals surface area contributed by atoms with Crippen LogP contribution < -0.4 is 9.47 Å². The summed E-state index contributed by atoms with van der Waals surface area (Å²) in [7, 11) is 2.92. The molecule has 0 aromatic heterocycles. The van der Waals surface area contributed by atoms with Crippen LogP contribution in [0.5, 0.6) is 11.5 Å². The van der Waals surface area contributed by atoms with E-state index in [-0.39, 0.29) is 17.7 Å². The van der Waals surface area contributed by atoms with Gasteiger partial charge < -0.3 is 14.2 Å². The maximum atomic E-state index is 13.1. The van der Waals surface area contributed by atoms with Crippen LogP contribution in [0.4, 0.5) is 13.2 Å². The van der Waals surface area contributed by atoms with Crippen LogP contribution in [0.15, 0.2) is 48.5 Å². The Labute approximate surface area is 155 Å². The molecule has 4 nitrogen and oxygen atoms in total. The molecule has 0 bridgehead atoms. The molecule has 0 aliphatic rings. The molecule has 0 amide bonds. The van der Waals surface area contributed by atoms with Gasteiger partial charge in [0.1, 0.15) is 0 Å². The van der Waals surface area contributed by atoms with E-state index in [0.29, 0.717) is 17.1 Å². The average molecular weight is 380 g/mol. The van der Waals surface area contributed by atoms with Gasteiger partial charge in [0.2, 0.25) is 0 Å². The summed E-state index contributed by atoms with van der Waals surface area (Å²) in [6.07, 6.45) is -3.33. The number of carbonyl (C=O) groups is 1. The Hall–Kier alpha value is -2.96. The van der Waals surface area contributed by atoms with Crippen molar-refractivity contribution >= 4 is 11.5 Å². The molecule has 2 aromatic carbocycles. The second kappa shape index (κ2) is 8.62. The fourth-order valence-corrected chi connectivity index (χ4v) is 2.50. The van der Waals surface area contributed by atoms with Crippen molar-refractivity contribution in [2.75, 3.05) is 20.8 Å². The number of hydrogen-bond acceptors (Lipinski definition) is 4. The number of alkyl halides is 3. The number of esters is 1. The molecule has 0 aliphatic carbocycles. The molecule has 0 fully saturated rings. The molecule has 0 spiro atoms. The summed E-state index contributed by atoms with van der Waals surface area (Å²) in [5.41, 5.74) is 0.181. The van der Waals surface area contributed by atoms with E-state index in [1.165, 1.54) is 32.4 Å². The quantitative estimate of drug-likeness (QED) is 0.537. The summed E-state index contributed by atoms with van der Waals surface area (Å²) in [4.78, 5) is 12.0. The molecule has 0 aliphatic heterocycles. The van der Waals surface area contributed by atoms with Crippen molar-refractivity contribution in [3.05, 3.63) is 65.2 Å². The number of benzene rings is 2. The average Bonchev–Trinajstić information content (AvgIpc) is 2.65. The molecule has 2 aromatic rings. The van der Waals surface area contributed by atoms with Crippen molar-refractivity contribution in [1.29, 1.82) is 0 Å². The van der Waals surface area contributed by atoms with Crippen molar-refractivity contribution in [2.45, 2.75) is 13.1 Å². The SMILES string of the molecule is CCOC(=O)/C=C(/c1cccc(C(F)(F)F)c1)c1ccc(OC)c(OC)c1. The Kier molecular flexibility index (Phi) is 6.50. The van der Waals surface area contributed by atoms with Crippen LogP contribution in [-0.2, 0) is 15.7 Å². The van der Waals surface area contributed by atoms with E-state index < -0.39 is 17.7 Å². The van der Waals surface area contributed by atoms with Crippen molar-refractivity contribution in [3.63, 3.8) is 0 Å². The number of halogens is 3. The van der Waals surface area contributed by atoms with Crippen LogP contribution in [0.3, 0.4) is 0 Å². The predicted molar refractivity (Wildman–Crippen MR) is 94.7 cm³/mol. The van der Waals surface area contributed by atoms with E-state index in [1.807, 2.05) is 0 Å². The minimum absolute atomic E-state index is 0.150. The number of hydrogen-bond donors (Lipinski definition) is 0. The van der Waals surface area contributed by atoms with Crippen LogP contribution in [-0.4, -0.2) is 26.8 Å². The van der Waals surface area contributed by atoms with Gasteiger partial charge in [-0.3, -0.25) is 0 Å². The summed E-state index contributed by atoms with van der Waals surface area (Å²) >= 11 is 0. The first kappa shape index (κ1) is 20.4. The third kappa shape index (κ3) is 5.03. The fourth-order valence-electron chi connectivity index (χ4n) is 2.50. The third-order valence-electron chi connectivity index (χ3n) is 3.74. The van der Waals surface area contributed by atoms with Gasteiger partial charge in [-0.05, 0) is 47.9 Å². The molecule has 0 heterocycles. The lowest BCUT2D eigenvalue weighted by Gasteiger charge is -2.14. The lowest BCUT2D eigenvalue weighted by Crippen LogP contribution is -2.06. The van der Waals surface area contributed by atoms with Gasteiger partial charge in [0.25, 0.3) is 0 Å². The largest absolute Gasteiger partial charge is 0.493 e. The highest BCUT2D eigenvalue weighted by Crippen LogP contribution is 2.35. The van der Waals surface area contributed by atoms with E-state index in [9.17, 15) is 18.0 Å². The van der Waals surface area contributed by atoms with Crippen LogP contribution in [0, 0.1) is 0 Å². The van der Waals surface area contributed by atoms with Gasteiger partial charge in [-0.1, -0.05) is 18.2 Å². The van der Waals surface area contributed by atoms with Crippen molar-refractivity contribution < 1.29 is 32.2 Å². The summed E-state index contributed by atoms with van der Waals surface area (Å²) in [6.45, 7) is 1.79. The molecule has 0 saturated heterocycles. The van der Waals surface area contributed by atoms with Gasteiger partial charge in [0.05, 0.1) is 26.4 Å². The minimum atomic E-state index is -4.50. The first-order chi connectivity index (χ1) is 12.8. The van der Waals surface area contributed by atoms with Gasteiger partial charge >= 0.3 is 12.1 Å². The molecular formula is C20H19F3O4. The maximum absolute atomic E-state index is 13.1. The fraction of sp³-hybridized carbons (Fsp3) is 0.250. The van der Waals surface area contributed by atoms with Gasteiger partial charge in [-0.2, -0.15) is 13.2 Å². The molecule has 0 radical (unpaired) electrons. The lowest BCUT2D eigenvalue weighted by molar-refractivity contribution is -0.138. The highest BCUT2D eigenvalue weighted by molar-refractivity contribution is 5.96. The Bertz CT molecular complexity index is 841. The van der Waals surface area contributed by atoms with Crippen LogP contribution in [0.2, 0.25) is 0 Å². The Morgan fingerprint density at radius 1 is 1.00 bits per heavy atom. The molecule has 0 N–H and O–H groups in total. The predicted octanol–water partition coefficient (Wildman–Crippen LogP) is 4.72. The molecular weight excluding hydrogens is 361 g/mol.